The molecule has 0 fully saturated rings. The number of nitrogens with zero attached hydrogens (tertiary/aromatic N) is 4. The molecule has 0 aliphatic carbocycles. The van der Waals surface area contributed by atoms with Crippen LogP contribution in [0.15, 0.2) is 53.0 Å². The van der Waals surface area contributed by atoms with Gasteiger partial charge in [-0.2, -0.15) is 10.4 Å². The van der Waals surface area contributed by atoms with Gasteiger partial charge in [0.1, 0.15) is 17.6 Å². The number of aromatic nitrogens is 3. The van der Waals surface area contributed by atoms with Gasteiger partial charge >= 0.3 is 0 Å². The number of nitrogens with two attached hydrogens (primary N) is 1. The summed E-state index contributed by atoms with van der Waals surface area (Å²) in [5, 5.41) is 16.9. The second-order valence-corrected chi connectivity index (χ2v) is 7.75. The maximum atomic E-state index is 13.7. The summed E-state index contributed by atoms with van der Waals surface area (Å²) in [4.78, 5) is 8.77. The van der Waals surface area contributed by atoms with Crippen molar-refractivity contribution in [3.05, 3.63) is 64.9 Å². The number of pyridine rings is 1. The zero-order valence-corrected chi connectivity index (χ0v) is 18.8. The molecule has 8 heteroatoms. The molecule has 3 heterocycles. The first kappa shape index (κ1) is 23.5. The van der Waals surface area contributed by atoms with Crippen LogP contribution in [-0.2, 0) is 6.42 Å². The normalized spacial score (nSPS) is 17.1. The third kappa shape index (κ3) is 5.75. The number of aryl methyl sites for hydroxylation is 1. The number of hydrogen-bond acceptors (Lipinski definition) is 6. The Morgan fingerprint density at radius 3 is 2.91 bits per heavy atom. The van der Waals surface area contributed by atoms with E-state index in [4.69, 9.17) is 16.9 Å². The van der Waals surface area contributed by atoms with Crippen LogP contribution in [0, 0.1) is 30.6 Å². The van der Waals surface area contributed by atoms with Crippen LogP contribution in [0.25, 0.3) is 5.57 Å². The van der Waals surface area contributed by atoms with E-state index in [2.05, 4.69) is 32.2 Å². The molecule has 33 heavy (non-hydrogen) atoms. The first-order valence-electron chi connectivity index (χ1n) is 10.5. The summed E-state index contributed by atoms with van der Waals surface area (Å²) >= 11 is 0. The predicted molar refractivity (Wildman–Crippen MR) is 127 cm³/mol. The molecule has 0 bridgehead atoms. The number of aromatic amines is 1. The van der Waals surface area contributed by atoms with Gasteiger partial charge in [-0.3, -0.25) is 10.1 Å². The molecule has 0 aromatic carbocycles. The summed E-state index contributed by atoms with van der Waals surface area (Å²) in [6.07, 6.45) is 11.0. The SMILES string of the molecule is C#C/C=C\C(F)=C/CC(C)Oc1cc(C2=C(Cc3cc(C)[nH]n3)C(C)N=C2C#N)cnc1N. The number of hydrogen-bond donors (Lipinski definition) is 2. The Labute approximate surface area is 192 Å². The van der Waals surface area contributed by atoms with Crippen molar-refractivity contribution in [2.24, 2.45) is 4.99 Å². The van der Waals surface area contributed by atoms with Crippen LogP contribution in [0.5, 0.6) is 5.75 Å². The quantitative estimate of drug-likeness (QED) is 0.467. The topological polar surface area (TPSA) is 113 Å². The summed E-state index contributed by atoms with van der Waals surface area (Å²) in [5.41, 5.74) is 10.5. The fourth-order valence-corrected chi connectivity index (χ4v) is 3.53. The highest BCUT2D eigenvalue weighted by molar-refractivity contribution is 6.33. The van der Waals surface area contributed by atoms with E-state index in [9.17, 15) is 9.65 Å². The lowest BCUT2D eigenvalue weighted by Gasteiger charge is -2.16. The molecule has 3 rings (SSSR count). The maximum absolute atomic E-state index is 13.7. The Bertz CT molecular complexity index is 1240. The van der Waals surface area contributed by atoms with Crippen molar-refractivity contribution in [2.45, 2.75) is 45.8 Å². The number of halogens is 1. The first-order chi connectivity index (χ1) is 15.8. The predicted octanol–water partition coefficient (Wildman–Crippen LogP) is 4.26. The molecule has 1 aliphatic rings. The standard InChI is InChI=1S/C25H25FN6O/c1-5-6-7-19(26)9-8-16(3)33-23-11-18(14-29-25(23)28)24-21(17(4)30-22(24)13-27)12-20-10-15(2)31-32-20/h1,6-7,9-11,14,16-17H,8,12H2,2-4H3,(H2,28,29)(H,31,32)/b7-6-,19-9+. The highest BCUT2D eigenvalue weighted by Gasteiger charge is 2.28. The van der Waals surface area contributed by atoms with E-state index >= 15 is 0 Å². The number of rotatable bonds is 8. The van der Waals surface area contributed by atoms with E-state index in [0.717, 1.165) is 17.0 Å². The van der Waals surface area contributed by atoms with Crippen LogP contribution in [0.1, 0.15) is 37.2 Å². The summed E-state index contributed by atoms with van der Waals surface area (Å²) in [7, 11) is 0. The van der Waals surface area contributed by atoms with E-state index in [1.165, 1.54) is 18.2 Å². The van der Waals surface area contributed by atoms with E-state index < -0.39 is 5.83 Å². The average Bonchev–Trinajstić information content (AvgIpc) is 3.35. The van der Waals surface area contributed by atoms with Crippen LogP contribution in [0.2, 0.25) is 0 Å². The molecule has 2 aromatic rings. The highest BCUT2D eigenvalue weighted by atomic mass is 19.1. The zero-order valence-electron chi connectivity index (χ0n) is 18.8. The molecule has 2 atom stereocenters. The Morgan fingerprint density at radius 2 is 2.24 bits per heavy atom. The Kier molecular flexibility index (Phi) is 7.42. The third-order valence-electron chi connectivity index (χ3n) is 5.10. The van der Waals surface area contributed by atoms with Crippen LogP contribution in [-0.4, -0.2) is 33.0 Å². The van der Waals surface area contributed by atoms with Gasteiger partial charge in [0.15, 0.2) is 11.6 Å². The van der Waals surface area contributed by atoms with Gasteiger partial charge in [0, 0.05) is 35.9 Å². The minimum absolute atomic E-state index is 0.170. The highest BCUT2D eigenvalue weighted by Crippen LogP contribution is 2.34. The lowest BCUT2D eigenvalue weighted by molar-refractivity contribution is 0.225. The molecule has 1 aliphatic heterocycles. The monoisotopic (exact) mass is 444 g/mol. The van der Waals surface area contributed by atoms with E-state index in [-0.39, 0.29) is 18.0 Å². The van der Waals surface area contributed by atoms with Crippen LogP contribution < -0.4 is 10.5 Å². The molecule has 3 N–H and O–H groups in total. The summed E-state index contributed by atoms with van der Waals surface area (Å²) in [6.45, 7) is 5.67. The maximum Gasteiger partial charge on any atom is 0.166 e. The Balaban J connectivity index is 1.89. The molecule has 0 radical (unpaired) electrons. The van der Waals surface area contributed by atoms with Crippen LogP contribution >= 0.6 is 0 Å². The van der Waals surface area contributed by atoms with Crippen molar-refractivity contribution in [3.8, 4) is 24.2 Å². The molecule has 0 amide bonds. The van der Waals surface area contributed by atoms with Crippen molar-refractivity contribution >= 4 is 17.1 Å². The number of nitriles is 1. The lowest BCUT2D eigenvalue weighted by atomic mass is 9.93. The first-order valence-corrected chi connectivity index (χ1v) is 10.5. The zero-order chi connectivity index (χ0) is 24.0. The van der Waals surface area contributed by atoms with Gasteiger partial charge in [-0.15, -0.1) is 6.42 Å². The molecule has 2 unspecified atom stereocenters. The minimum atomic E-state index is -0.443. The molecule has 168 valence electrons. The smallest absolute Gasteiger partial charge is 0.166 e. The molecule has 7 nitrogen and oxygen atoms in total. The van der Waals surface area contributed by atoms with Gasteiger partial charge in [-0.1, -0.05) is 5.92 Å². The molecule has 0 saturated carbocycles. The van der Waals surface area contributed by atoms with E-state index in [1.54, 1.807) is 19.2 Å². The van der Waals surface area contributed by atoms with Crippen LogP contribution in [0.4, 0.5) is 10.2 Å². The molecular formula is C25H25FN6O. The number of nitrogens with one attached hydrogen (secondary N) is 1. The third-order valence-corrected chi connectivity index (χ3v) is 5.10. The van der Waals surface area contributed by atoms with E-state index in [1.807, 2.05) is 19.9 Å². The summed E-state index contributed by atoms with van der Waals surface area (Å²) in [5.74, 6) is 2.35. The van der Waals surface area contributed by atoms with Crippen molar-refractivity contribution in [2.75, 3.05) is 5.73 Å². The number of H-pyrrole nitrogens is 1. The average molecular weight is 445 g/mol. The molecular weight excluding hydrogens is 419 g/mol. The molecule has 0 saturated heterocycles. The number of anilines is 1. The fraction of sp³-hybridized carbons (Fsp3) is 0.280. The van der Waals surface area contributed by atoms with Gasteiger partial charge in [-0.05, 0) is 56.7 Å². The van der Waals surface area contributed by atoms with Gasteiger partial charge in [0.25, 0.3) is 0 Å². The summed E-state index contributed by atoms with van der Waals surface area (Å²) in [6, 6.07) is 5.72. The van der Waals surface area contributed by atoms with Gasteiger partial charge in [0.2, 0.25) is 0 Å². The number of nitrogen functional groups attached to an aromatic ring is 1. The molecule has 2 aromatic heterocycles. The second-order valence-electron chi connectivity index (χ2n) is 7.75. The number of ether oxygens (including phenoxy) is 1. The molecule has 0 spiro atoms. The van der Waals surface area contributed by atoms with Crippen molar-refractivity contribution in [3.63, 3.8) is 0 Å². The van der Waals surface area contributed by atoms with Crippen molar-refractivity contribution in [1.82, 2.24) is 15.2 Å². The Morgan fingerprint density at radius 1 is 1.45 bits per heavy atom. The van der Waals surface area contributed by atoms with Gasteiger partial charge in [-0.25, -0.2) is 9.37 Å². The van der Waals surface area contributed by atoms with Crippen LogP contribution in [0.3, 0.4) is 0 Å². The Hall–Kier alpha value is -4.17. The van der Waals surface area contributed by atoms with Gasteiger partial charge < -0.3 is 10.5 Å². The van der Waals surface area contributed by atoms with Gasteiger partial charge in [0.05, 0.1) is 17.8 Å². The number of terminal acetylenes is 1. The minimum Gasteiger partial charge on any atom is -0.487 e. The second kappa shape index (κ2) is 10.4. The van der Waals surface area contributed by atoms with Crippen molar-refractivity contribution < 1.29 is 9.13 Å². The van der Waals surface area contributed by atoms with Crippen molar-refractivity contribution in [1.29, 1.82) is 5.26 Å². The summed E-state index contributed by atoms with van der Waals surface area (Å²) < 4.78 is 19.6. The number of aliphatic imine (C=N–C) groups is 1. The number of allylic oxidation sites excluding steroid dienone is 4. The van der Waals surface area contributed by atoms with E-state index in [0.29, 0.717) is 35.4 Å². The lowest BCUT2D eigenvalue weighted by Crippen LogP contribution is -2.13. The fourth-order valence-electron chi connectivity index (χ4n) is 3.53. The largest absolute Gasteiger partial charge is 0.487 e.